The van der Waals surface area contributed by atoms with Gasteiger partial charge in [0.25, 0.3) is 6.43 Å². The van der Waals surface area contributed by atoms with Crippen molar-refractivity contribution >= 4 is 27.6 Å². The Morgan fingerprint density at radius 1 is 1.04 bits per heavy atom. The Hall–Kier alpha value is -1.83. The smallest absolute Gasteiger partial charge is 0.280 e. The standard InChI is InChI=1S/C15H16BrF2N5/c1-10-19-5-4-13(20-10)22-6-8-23(9-7-22)15-11(16)2-3-12(21-15)14(17)18/h2-5,14H,6-9H2,1H3. The number of aromatic nitrogens is 3. The molecule has 0 spiro atoms. The van der Waals surface area contributed by atoms with Gasteiger partial charge in [-0.05, 0) is 41.1 Å². The molecule has 8 heteroatoms. The van der Waals surface area contributed by atoms with Gasteiger partial charge in [0.05, 0.1) is 4.47 Å². The number of halogens is 3. The van der Waals surface area contributed by atoms with Crippen molar-refractivity contribution < 1.29 is 8.78 Å². The van der Waals surface area contributed by atoms with Crippen molar-refractivity contribution in [3.63, 3.8) is 0 Å². The van der Waals surface area contributed by atoms with Crippen LogP contribution in [0, 0.1) is 6.92 Å². The Morgan fingerprint density at radius 2 is 1.74 bits per heavy atom. The molecule has 0 radical (unpaired) electrons. The van der Waals surface area contributed by atoms with Gasteiger partial charge in [0.2, 0.25) is 0 Å². The lowest BCUT2D eigenvalue weighted by molar-refractivity contribution is 0.146. The topological polar surface area (TPSA) is 45.2 Å². The number of aryl methyl sites for hydroxylation is 1. The molecule has 0 unspecified atom stereocenters. The van der Waals surface area contributed by atoms with Crippen LogP contribution < -0.4 is 9.80 Å². The van der Waals surface area contributed by atoms with Crippen LogP contribution >= 0.6 is 15.9 Å². The summed E-state index contributed by atoms with van der Waals surface area (Å²) in [6.45, 7) is 4.76. The zero-order chi connectivity index (χ0) is 16.4. The molecule has 0 N–H and O–H groups in total. The number of hydrogen-bond acceptors (Lipinski definition) is 5. The molecule has 0 bridgehead atoms. The van der Waals surface area contributed by atoms with E-state index in [4.69, 9.17) is 0 Å². The van der Waals surface area contributed by atoms with E-state index in [9.17, 15) is 8.78 Å². The molecule has 23 heavy (non-hydrogen) atoms. The molecule has 0 atom stereocenters. The molecule has 3 heterocycles. The van der Waals surface area contributed by atoms with Gasteiger partial charge in [0.1, 0.15) is 23.2 Å². The fourth-order valence-electron chi connectivity index (χ4n) is 2.56. The number of piperazine rings is 1. The molecule has 1 saturated heterocycles. The van der Waals surface area contributed by atoms with Crippen LogP contribution in [0.25, 0.3) is 0 Å². The van der Waals surface area contributed by atoms with Crippen molar-refractivity contribution in [2.45, 2.75) is 13.3 Å². The molecule has 0 aliphatic carbocycles. The summed E-state index contributed by atoms with van der Waals surface area (Å²) in [5.74, 6) is 2.20. The van der Waals surface area contributed by atoms with Gasteiger partial charge in [-0.2, -0.15) is 0 Å². The molecular formula is C15H16BrF2N5. The third kappa shape index (κ3) is 3.57. The van der Waals surface area contributed by atoms with E-state index in [1.165, 1.54) is 6.07 Å². The van der Waals surface area contributed by atoms with Crippen molar-refractivity contribution in [1.82, 2.24) is 15.0 Å². The molecule has 1 aliphatic rings. The Labute approximate surface area is 141 Å². The fourth-order valence-corrected chi connectivity index (χ4v) is 3.03. The fraction of sp³-hybridized carbons (Fsp3) is 0.400. The summed E-state index contributed by atoms with van der Waals surface area (Å²) in [6.07, 6.45) is -0.819. The average Bonchev–Trinajstić information content (AvgIpc) is 2.55. The van der Waals surface area contributed by atoms with Crippen LogP contribution in [0.2, 0.25) is 0 Å². The first kappa shape index (κ1) is 16.0. The average molecular weight is 384 g/mol. The molecule has 1 fully saturated rings. The molecule has 2 aromatic heterocycles. The minimum Gasteiger partial charge on any atom is -0.353 e. The van der Waals surface area contributed by atoms with Gasteiger partial charge in [-0.3, -0.25) is 0 Å². The highest BCUT2D eigenvalue weighted by Crippen LogP contribution is 2.28. The lowest BCUT2D eigenvalue weighted by Crippen LogP contribution is -2.47. The lowest BCUT2D eigenvalue weighted by atomic mass is 10.3. The minimum atomic E-state index is -2.56. The maximum absolute atomic E-state index is 12.8. The molecule has 122 valence electrons. The van der Waals surface area contributed by atoms with Gasteiger partial charge in [-0.1, -0.05) is 0 Å². The Bertz CT molecular complexity index is 689. The molecule has 3 rings (SSSR count). The Balaban J connectivity index is 1.73. The van der Waals surface area contributed by atoms with Crippen LogP contribution in [0.4, 0.5) is 20.4 Å². The van der Waals surface area contributed by atoms with Crippen molar-refractivity contribution in [1.29, 1.82) is 0 Å². The van der Waals surface area contributed by atoms with E-state index in [-0.39, 0.29) is 5.69 Å². The summed E-state index contributed by atoms with van der Waals surface area (Å²) in [4.78, 5) is 16.8. The summed E-state index contributed by atoms with van der Waals surface area (Å²) in [5.41, 5.74) is -0.197. The second-order valence-corrected chi connectivity index (χ2v) is 6.13. The third-order valence-corrected chi connectivity index (χ3v) is 4.36. The van der Waals surface area contributed by atoms with E-state index in [0.717, 1.165) is 29.2 Å². The van der Waals surface area contributed by atoms with Gasteiger partial charge in [-0.25, -0.2) is 23.7 Å². The number of hydrogen-bond donors (Lipinski definition) is 0. The van der Waals surface area contributed by atoms with Gasteiger partial charge in [-0.15, -0.1) is 0 Å². The van der Waals surface area contributed by atoms with Gasteiger partial charge < -0.3 is 9.80 Å². The summed E-state index contributed by atoms with van der Waals surface area (Å²) in [6, 6.07) is 4.86. The normalized spacial score (nSPS) is 15.3. The highest BCUT2D eigenvalue weighted by Gasteiger charge is 2.22. The van der Waals surface area contributed by atoms with E-state index < -0.39 is 6.43 Å². The van der Waals surface area contributed by atoms with Crippen LogP contribution in [0.1, 0.15) is 17.9 Å². The highest BCUT2D eigenvalue weighted by molar-refractivity contribution is 9.10. The van der Waals surface area contributed by atoms with Crippen LogP contribution in [0.3, 0.4) is 0 Å². The SMILES string of the molecule is Cc1nccc(N2CCN(c3nc(C(F)F)ccc3Br)CC2)n1. The predicted molar refractivity (Wildman–Crippen MR) is 88.1 cm³/mol. The number of nitrogens with zero attached hydrogens (tertiary/aromatic N) is 5. The zero-order valence-corrected chi connectivity index (χ0v) is 14.2. The monoisotopic (exact) mass is 383 g/mol. The summed E-state index contributed by atoms with van der Waals surface area (Å²) in [5, 5.41) is 0. The van der Waals surface area contributed by atoms with E-state index >= 15 is 0 Å². The highest BCUT2D eigenvalue weighted by atomic mass is 79.9. The second kappa shape index (κ2) is 6.74. The minimum absolute atomic E-state index is 0.197. The predicted octanol–water partition coefficient (Wildman–Crippen LogP) is 3.21. The molecule has 1 aliphatic heterocycles. The van der Waals surface area contributed by atoms with Crippen LogP contribution in [-0.2, 0) is 0 Å². The number of rotatable bonds is 3. The molecule has 5 nitrogen and oxygen atoms in total. The summed E-state index contributed by atoms with van der Waals surface area (Å²) < 4.78 is 26.4. The molecular weight excluding hydrogens is 368 g/mol. The molecule has 0 aromatic carbocycles. The van der Waals surface area contributed by atoms with Crippen molar-refractivity contribution in [2.75, 3.05) is 36.0 Å². The van der Waals surface area contributed by atoms with E-state index in [1.807, 2.05) is 17.9 Å². The third-order valence-electron chi connectivity index (χ3n) is 3.74. The van der Waals surface area contributed by atoms with E-state index in [2.05, 4.69) is 35.8 Å². The van der Waals surface area contributed by atoms with Crippen LogP contribution in [-0.4, -0.2) is 41.1 Å². The summed E-state index contributed by atoms with van der Waals surface area (Å²) >= 11 is 3.40. The van der Waals surface area contributed by atoms with E-state index in [0.29, 0.717) is 18.9 Å². The zero-order valence-electron chi connectivity index (χ0n) is 12.6. The maximum Gasteiger partial charge on any atom is 0.280 e. The van der Waals surface area contributed by atoms with Gasteiger partial charge in [0, 0.05) is 32.4 Å². The van der Waals surface area contributed by atoms with Gasteiger partial charge >= 0.3 is 0 Å². The van der Waals surface area contributed by atoms with Crippen molar-refractivity contribution in [3.05, 3.63) is 40.4 Å². The summed E-state index contributed by atoms with van der Waals surface area (Å²) in [7, 11) is 0. The Morgan fingerprint density at radius 3 is 2.39 bits per heavy atom. The molecule has 0 saturated carbocycles. The molecule has 0 amide bonds. The molecule has 2 aromatic rings. The Kier molecular flexibility index (Phi) is 4.70. The van der Waals surface area contributed by atoms with Crippen molar-refractivity contribution in [3.8, 4) is 0 Å². The first-order valence-corrected chi connectivity index (χ1v) is 8.08. The van der Waals surface area contributed by atoms with Crippen LogP contribution in [0.5, 0.6) is 0 Å². The van der Waals surface area contributed by atoms with Crippen molar-refractivity contribution in [2.24, 2.45) is 0 Å². The quantitative estimate of drug-likeness (QED) is 0.814. The maximum atomic E-state index is 12.8. The lowest BCUT2D eigenvalue weighted by Gasteiger charge is -2.36. The first-order chi connectivity index (χ1) is 11.0. The largest absolute Gasteiger partial charge is 0.353 e. The second-order valence-electron chi connectivity index (χ2n) is 5.28. The van der Waals surface area contributed by atoms with Gasteiger partial charge in [0.15, 0.2) is 0 Å². The number of pyridine rings is 1. The first-order valence-electron chi connectivity index (χ1n) is 7.29. The number of anilines is 2. The van der Waals surface area contributed by atoms with E-state index in [1.54, 1.807) is 12.3 Å². The van der Waals surface area contributed by atoms with Crippen LogP contribution in [0.15, 0.2) is 28.9 Å². The number of alkyl halides is 2.